The Kier molecular flexibility index (Phi) is 5.26. The highest BCUT2D eigenvalue weighted by molar-refractivity contribution is 6.40. The first kappa shape index (κ1) is 16.9. The number of hydrogen-bond donors (Lipinski definition) is 2. The maximum absolute atomic E-state index is 12.1. The minimum atomic E-state index is -0.718. The molecule has 2 amide bonds. The third-order valence-corrected chi connectivity index (χ3v) is 3.91. The summed E-state index contributed by atoms with van der Waals surface area (Å²) < 4.78 is 0. The summed E-state index contributed by atoms with van der Waals surface area (Å²) in [7, 11) is 0. The van der Waals surface area contributed by atoms with Gasteiger partial charge in [-0.05, 0) is 36.2 Å². The first-order chi connectivity index (χ1) is 12.1. The lowest BCUT2D eigenvalue weighted by Gasteiger charge is -2.08. The highest BCUT2D eigenvalue weighted by Gasteiger charge is 2.14. The third-order valence-electron chi connectivity index (χ3n) is 3.68. The Labute approximate surface area is 150 Å². The highest BCUT2D eigenvalue weighted by Crippen LogP contribution is 2.20. The Morgan fingerprint density at radius 2 is 1.80 bits per heavy atom. The normalized spacial score (nSPS) is 10.4. The van der Waals surface area contributed by atoms with Crippen LogP contribution in [-0.4, -0.2) is 23.3 Å². The van der Waals surface area contributed by atoms with Crippen molar-refractivity contribution in [3.63, 3.8) is 0 Å². The first-order valence-corrected chi connectivity index (χ1v) is 8.18. The molecule has 2 aromatic carbocycles. The molecule has 0 fully saturated rings. The molecular formula is C19H16ClN3O2. The number of para-hydroxylation sites is 1. The number of pyridine rings is 1. The average molecular weight is 354 g/mol. The van der Waals surface area contributed by atoms with Crippen molar-refractivity contribution in [1.82, 2.24) is 10.3 Å². The largest absolute Gasteiger partial charge is 0.347 e. The predicted molar refractivity (Wildman–Crippen MR) is 98.5 cm³/mol. The van der Waals surface area contributed by atoms with Crippen LogP contribution in [0.3, 0.4) is 0 Å². The fourth-order valence-electron chi connectivity index (χ4n) is 2.48. The minimum absolute atomic E-state index is 0.348. The number of rotatable bonds is 4. The lowest BCUT2D eigenvalue weighted by atomic mass is 10.1. The predicted octanol–water partition coefficient (Wildman–Crippen LogP) is 3.19. The number of hydrogen-bond acceptors (Lipinski definition) is 3. The molecule has 0 bridgehead atoms. The second-order valence-electron chi connectivity index (χ2n) is 5.47. The van der Waals surface area contributed by atoms with Crippen molar-refractivity contribution >= 4 is 40.0 Å². The molecule has 3 aromatic rings. The van der Waals surface area contributed by atoms with Crippen LogP contribution in [0, 0.1) is 0 Å². The van der Waals surface area contributed by atoms with E-state index in [0.29, 0.717) is 29.2 Å². The molecule has 25 heavy (non-hydrogen) atoms. The van der Waals surface area contributed by atoms with Gasteiger partial charge in [-0.15, -0.1) is 0 Å². The second-order valence-corrected chi connectivity index (χ2v) is 5.91. The molecule has 1 aromatic heterocycles. The van der Waals surface area contributed by atoms with E-state index in [-0.39, 0.29) is 0 Å². The number of benzene rings is 2. The van der Waals surface area contributed by atoms with Crippen LogP contribution in [0.25, 0.3) is 10.9 Å². The van der Waals surface area contributed by atoms with Crippen LogP contribution in [0.5, 0.6) is 0 Å². The molecule has 0 radical (unpaired) electrons. The molecule has 0 aliphatic carbocycles. The van der Waals surface area contributed by atoms with Gasteiger partial charge in [0.15, 0.2) is 0 Å². The third kappa shape index (κ3) is 4.33. The van der Waals surface area contributed by atoms with Gasteiger partial charge in [0.1, 0.15) is 0 Å². The van der Waals surface area contributed by atoms with Gasteiger partial charge in [-0.2, -0.15) is 0 Å². The van der Waals surface area contributed by atoms with Gasteiger partial charge in [0.05, 0.1) is 11.2 Å². The van der Waals surface area contributed by atoms with E-state index < -0.39 is 11.8 Å². The van der Waals surface area contributed by atoms with Gasteiger partial charge in [0.25, 0.3) is 0 Å². The lowest BCUT2D eigenvalue weighted by Crippen LogP contribution is -2.36. The number of aromatic nitrogens is 1. The van der Waals surface area contributed by atoms with Crippen LogP contribution in [0.1, 0.15) is 5.56 Å². The molecule has 5 nitrogen and oxygen atoms in total. The zero-order valence-corrected chi connectivity index (χ0v) is 14.1. The molecule has 0 saturated carbocycles. The number of carbonyl (C=O) groups is 2. The van der Waals surface area contributed by atoms with Gasteiger partial charge >= 0.3 is 11.8 Å². The van der Waals surface area contributed by atoms with E-state index in [1.165, 1.54) is 0 Å². The summed E-state index contributed by atoms with van der Waals surface area (Å²) in [5.74, 6) is -1.40. The van der Waals surface area contributed by atoms with Crippen molar-refractivity contribution in [3.8, 4) is 0 Å². The zero-order valence-electron chi connectivity index (χ0n) is 13.3. The Morgan fingerprint density at radius 3 is 2.64 bits per heavy atom. The standard InChI is InChI=1S/C19H16ClN3O2/c20-15-7-1-4-13(12-15)9-11-22-18(24)19(25)23-16-8-2-5-14-6-3-10-21-17(14)16/h1-8,10,12H,9,11H2,(H,22,24)(H,23,25). The zero-order chi connectivity index (χ0) is 17.6. The number of carbonyl (C=O) groups excluding carboxylic acids is 2. The van der Waals surface area contributed by atoms with Gasteiger partial charge in [-0.1, -0.05) is 41.9 Å². The van der Waals surface area contributed by atoms with Gasteiger partial charge < -0.3 is 10.6 Å². The number of halogens is 1. The van der Waals surface area contributed by atoms with Crippen LogP contribution >= 0.6 is 11.6 Å². The fraction of sp³-hybridized carbons (Fsp3) is 0.105. The summed E-state index contributed by atoms with van der Waals surface area (Å²) in [5.41, 5.74) is 2.14. The van der Waals surface area contributed by atoms with E-state index in [4.69, 9.17) is 11.6 Å². The Balaban J connectivity index is 1.58. The average Bonchev–Trinajstić information content (AvgIpc) is 2.62. The van der Waals surface area contributed by atoms with Gasteiger partial charge in [-0.3, -0.25) is 14.6 Å². The van der Waals surface area contributed by atoms with Gasteiger partial charge in [0, 0.05) is 23.2 Å². The van der Waals surface area contributed by atoms with Crippen molar-refractivity contribution in [2.45, 2.75) is 6.42 Å². The molecule has 0 aliphatic heterocycles. The molecule has 0 saturated heterocycles. The van der Waals surface area contributed by atoms with Crippen LogP contribution < -0.4 is 10.6 Å². The van der Waals surface area contributed by atoms with E-state index in [9.17, 15) is 9.59 Å². The van der Waals surface area contributed by atoms with E-state index >= 15 is 0 Å². The summed E-state index contributed by atoms with van der Waals surface area (Å²) in [6.07, 6.45) is 2.23. The topological polar surface area (TPSA) is 71.1 Å². The summed E-state index contributed by atoms with van der Waals surface area (Å²) in [6.45, 7) is 0.348. The van der Waals surface area contributed by atoms with Gasteiger partial charge in [-0.25, -0.2) is 0 Å². The maximum atomic E-state index is 12.1. The van der Waals surface area contributed by atoms with Crippen molar-refractivity contribution in [1.29, 1.82) is 0 Å². The van der Waals surface area contributed by atoms with Crippen molar-refractivity contribution in [2.75, 3.05) is 11.9 Å². The number of fused-ring (bicyclic) bond motifs is 1. The smallest absolute Gasteiger partial charge is 0.313 e. The van der Waals surface area contributed by atoms with Crippen LogP contribution in [-0.2, 0) is 16.0 Å². The molecular weight excluding hydrogens is 338 g/mol. The van der Waals surface area contributed by atoms with Crippen LogP contribution in [0.15, 0.2) is 60.8 Å². The lowest BCUT2D eigenvalue weighted by molar-refractivity contribution is -0.136. The summed E-state index contributed by atoms with van der Waals surface area (Å²) in [4.78, 5) is 28.3. The van der Waals surface area contributed by atoms with Crippen molar-refractivity contribution < 1.29 is 9.59 Å². The monoisotopic (exact) mass is 353 g/mol. The molecule has 0 aliphatic rings. The van der Waals surface area contributed by atoms with Crippen molar-refractivity contribution in [3.05, 3.63) is 71.4 Å². The number of amides is 2. The number of nitrogens with zero attached hydrogens (tertiary/aromatic N) is 1. The Morgan fingerprint density at radius 1 is 1.00 bits per heavy atom. The Hall–Kier alpha value is -2.92. The van der Waals surface area contributed by atoms with E-state index in [1.807, 2.05) is 36.4 Å². The maximum Gasteiger partial charge on any atom is 0.313 e. The van der Waals surface area contributed by atoms with E-state index in [1.54, 1.807) is 24.4 Å². The van der Waals surface area contributed by atoms with E-state index in [0.717, 1.165) is 10.9 Å². The summed E-state index contributed by atoms with van der Waals surface area (Å²) >= 11 is 5.92. The molecule has 0 atom stereocenters. The van der Waals surface area contributed by atoms with Gasteiger partial charge in [0.2, 0.25) is 0 Å². The minimum Gasteiger partial charge on any atom is -0.347 e. The molecule has 0 unspecified atom stereocenters. The second kappa shape index (κ2) is 7.77. The highest BCUT2D eigenvalue weighted by atomic mass is 35.5. The number of nitrogens with one attached hydrogen (secondary N) is 2. The summed E-state index contributed by atoms with van der Waals surface area (Å²) in [5, 5.41) is 6.75. The molecule has 1 heterocycles. The molecule has 6 heteroatoms. The molecule has 0 spiro atoms. The Bertz CT molecular complexity index is 922. The molecule has 2 N–H and O–H groups in total. The quantitative estimate of drug-likeness (QED) is 0.708. The number of anilines is 1. The first-order valence-electron chi connectivity index (χ1n) is 7.81. The van der Waals surface area contributed by atoms with Crippen molar-refractivity contribution in [2.24, 2.45) is 0 Å². The summed E-state index contributed by atoms with van der Waals surface area (Å²) in [6, 6.07) is 16.5. The molecule has 3 rings (SSSR count). The fourth-order valence-corrected chi connectivity index (χ4v) is 2.69. The van der Waals surface area contributed by atoms with Crippen LogP contribution in [0.2, 0.25) is 5.02 Å². The SMILES string of the molecule is O=C(NCCc1cccc(Cl)c1)C(=O)Nc1cccc2cccnc12. The van der Waals surface area contributed by atoms with E-state index in [2.05, 4.69) is 15.6 Å². The molecule has 126 valence electrons. The van der Waals surface area contributed by atoms with Crippen LogP contribution in [0.4, 0.5) is 5.69 Å².